The molecule has 0 radical (unpaired) electrons. The summed E-state index contributed by atoms with van der Waals surface area (Å²) >= 11 is 0. The summed E-state index contributed by atoms with van der Waals surface area (Å²) in [5, 5.41) is 0. The molecule has 1 unspecified atom stereocenters. The van der Waals surface area contributed by atoms with Crippen LogP contribution in [0.4, 0.5) is 8.78 Å². The van der Waals surface area contributed by atoms with Gasteiger partial charge in [0.05, 0.1) is 6.10 Å². The maximum Gasteiger partial charge on any atom is 0.345 e. The van der Waals surface area contributed by atoms with Crippen molar-refractivity contribution in [3.05, 3.63) is 12.3 Å². The minimum absolute atomic E-state index is 0.535. The van der Waals surface area contributed by atoms with Crippen LogP contribution < -0.4 is 0 Å². The molecule has 0 aliphatic rings. The Labute approximate surface area is 83.7 Å². The Kier molecular flexibility index (Phi) is 4.91. The van der Waals surface area contributed by atoms with Crippen LogP contribution in [-0.4, -0.2) is 18.9 Å². The molecule has 0 aliphatic carbocycles. The third-order valence-corrected chi connectivity index (χ3v) is 2.35. The van der Waals surface area contributed by atoms with Crippen LogP contribution in [0.2, 0.25) is 0 Å². The first-order valence-corrected chi connectivity index (χ1v) is 4.44. The Morgan fingerprint density at radius 1 is 1.50 bits per heavy atom. The molecule has 14 heavy (non-hydrogen) atoms. The lowest BCUT2D eigenvalue weighted by atomic mass is 9.84. The van der Waals surface area contributed by atoms with Gasteiger partial charge in [-0.15, -0.1) is 0 Å². The SMILES string of the molecule is C=C(/N=C\C)C(C)(C)C(C)OC(F)F. The number of hydrogen-bond donors (Lipinski definition) is 0. The van der Waals surface area contributed by atoms with Crippen LogP contribution in [0.5, 0.6) is 0 Å². The van der Waals surface area contributed by atoms with Gasteiger partial charge < -0.3 is 4.74 Å². The van der Waals surface area contributed by atoms with E-state index in [9.17, 15) is 8.78 Å². The molecule has 0 spiro atoms. The van der Waals surface area contributed by atoms with E-state index in [2.05, 4.69) is 16.3 Å². The molecular formula is C10H17F2NO. The van der Waals surface area contributed by atoms with E-state index < -0.39 is 18.1 Å². The van der Waals surface area contributed by atoms with E-state index in [1.54, 1.807) is 33.9 Å². The topological polar surface area (TPSA) is 21.6 Å². The summed E-state index contributed by atoms with van der Waals surface area (Å²) < 4.78 is 28.4. The number of nitrogens with zero attached hydrogens (tertiary/aromatic N) is 1. The summed E-state index contributed by atoms with van der Waals surface area (Å²) in [4.78, 5) is 3.98. The van der Waals surface area contributed by atoms with Crippen molar-refractivity contribution in [3.63, 3.8) is 0 Å². The maximum atomic E-state index is 12.0. The Morgan fingerprint density at radius 2 is 2.00 bits per heavy atom. The molecule has 0 aromatic rings. The first-order valence-electron chi connectivity index (χ1n) is 4.44. The average Bonchev–Trinajstić information content (AvgIpc) is 2.03. The monoisotopic (exact) mass is 205 g/mol. The molecule has 4 heteroatoms. The Hall–Kier alpha value is -0.770. The van der Waals surface area contributed by atoms with Gasteiger partial charge in [-0.3, -0.25) is 4.99 Å². The van der Waals surface area contributed by atoms with Crippen LogP contribution in [-0.2, 0) is 4.74 Å². The Balaban J connectivity index is 4.51. The third-order valence-electron chi connectivity index (χ3n) is 2.35. The van der Waals surface area contributed by atoms with Crippen LogP contribution in [0.25, 0.3) is 0 Å². The number of halogens is 2. The van der Waals surface area contributed by atoms with Crippen molar-refractivity contribution >= 4 is 6.21 Å². The summed E-state index contributed by atoms with van der Waals surface area (Å²) in [6, 6.07) is 0. The number of rotatable bonds is 5. The normalized spacial score (nSPS) is 15.1. The highest BCUT2D eigenvalue weighted by Crippen LogP contribution is 2.32. The first-order chi connectivity index (χ1) is 6.32. The van der Waals surface area contributed by atoms with Gasteiger partial charge in [0, 0.05) is 17.3 Å². The predicted molar refractivity (Wildman–Crippen MR) is 53.6 cm³/mol. The molecule has 0 saturated carbocycles. The van der Waals surface area contributed by atoms with E-state index in [0.29, 0.717) is 5.70 Å². The van der Waals surface area contributed by atoms with Gasteiger partial charge in [-0.2, -0.15) is 8.78 Å². The zero-order chi connectivity index (χ0) is 11.4. The smallest absolute Gasteiger partial charge is 0.319 e. The highest BCUT2D eigenvalue weighted by molar-refractivity contribution is 5.55. The summed E-state index contributed by atoms with van der Waals surface area (Å²) in [7, 11) is 0. The van der Waals surface area contributed by atoms with Crippen molar-refractivity contribution in [2.75, 3.05) is 0 Å². The van der Waals surface area contributed by atoms with E-state index in [0.717, 1.165) is 0 Å². The van der Waals surface area contributed by atoms with E-state index in [1.165, 1.54) is 0 Å². The first kappa shape index (κ1) is 13.2. The second kappa shape index (κ2) is 5.20. The van der Waals surface area contributed by atoms with Crippen molar-refractivity contribution in [2.24, 2.45) is 10.4 Å². The highest BCUT2D eigenvalue weighted by atomic mass is 19.3. The van der Waals surface area contributed by atoms with Crippen molar-refractivity contribution < 1.29 is 13.5 Å². The Bertz CT molecular complexity index is 224. The van der Waals surface area contributed by atoms with Gasteiger partial charge in [0.2, 0.25) is 0 Å². The molecule has 0 N–H and O–H groups in total. The molecule has 1 atom stereocenters. The van der Waals surface area contributed by atoms with Crippen LogP contribution in [0.3, 0.4) is 0 Å². The molecule has 0 aromatic heterocycles. The summed E-state index contributed by atoms with van der Waals surface area (Å²) in [6.45, 7) is 7.84. The molecular weight excluding hydrogens is 188 g/mol. The van der Waals surface area contributed by atoms with Crippen LogP contribution in [0, 0.1) is 5.41 Å². The van der Waals surface area contributed by atoms with E-state index >= 15 is 0 Å². The molecule has 0 heterocycles. The van der Waals surface area contributed by atoms with Crippen molar-refractivity contribution in [1.29, 1.82) is 0 Å². The fourth-order valence-corrected chi connectivity index (χ4v) is 0.881. The average molecular weight is 205 g/mol. The number of ether oxygens (including phenoxy) is 1. The largest absolute Gasteiger partial charge is 0.345 e. The van der Waals surface area contributed by atoms with Gasteiger partial charge in [0.15, 0.2) is 0 Å². The number of alkyl halides is 2. The highest BCUT2D eigenvalue weighted by Gasteiger charge is 2.31. The zero-order valence-electron chi connectivity index (χ0n) is 9.05. The second-order valence-electron chi connectivity index (χ2n) is 3.59. The summed E-state index contributed by atoms with van der Waals surface area (Å²) in [6.07, 6.45) is 0.956. The van der Waals surface area contributed by atoms with Crippen LogP contribution in [0.1, 0.15) is 27.7 Å². The van der Waals surface area contributed by atoms with Crippen molar-refractivity contribution in [2.45, 2.75) is 40.4 Å². The van der Waals surface area contributed by atoms with Crippen molar-refractivity contribution in [1.82, 2.24) is 0 Å². The number of aliphatic imine (C=N–C) groups is 1. The molecule has 0 fully saturated rings. The molecule has 0 aromatic carbocycles. The Morgan fingerprint density at radius 3 is 2.36 bits per heavy atom. The molecule has 0 rings (SSSR count). The third kappa shape index (κ3) is 3.54. The zero-order valence-corrected chi connectivity index (χ0v) is 9.05. The molecule has 0 saturated heterocycles. The van der Waals surface area contributed by atoms with E-state index in [-0.39, 0.29) is 0 Å². The van der Waals surface area contributed by atoms with Crippen LogP contribution >= 0.6 is 0 Å². The van der Waals surface area contributed by atoms with Gasteiger partial charge in [-0.25, -0.2) is 0 Å². The summed E-state index contributed by atoms with van der Waals surface area (Å²) in [5.74, 6) is 0. The number of hydrogen-bond acceptors (Lipinski definition) is 2. The fraction of sp³-hybridized carbons (Fsp3) is 0.700. The van der Waals surface area contributed by atoms with E-state index in [1.807, 2.05) is 0 Å². The molecule has 0 aliphatic heterocycles. The molecule has 0 amide bonds. The quantitative estimate of drug-likeness (QED) is 0.631. The van der Waals surface area contributed by atoms with Gasteiger partial charge in [0.1, 0.15) is 0 Å². The maximum absolute atomic E-state index is 12.0. The van der Waals surface area contributed by atoms with Gasteiger partial charge in [-0.1, -0.05) is 20.4 Å². The molecule has 2 nitrogen and oxygen atoms in total. The lowest BCUT2D eigenvalue weighted by Gasteiger charge is -2.31. The predicted octanol–water partition coefficient (Wildman–Crippen LogP) is 3.24. The lowest BCUT2D eigenvalue weighted by molar-refractivity contribution is -0.178. The standard InChI is InChI=1S/C10H17F2NO/c1-6-13-7(2)10(4,5)8(3)14-9(11)12/h6,8-9H,2H2,1,3-5H3/b13-6-. The van der Waals surface area contributed by atoms with Crippen molar-refractivity contribution in [3.8, 4) is 0 Å². The second-order valence-corrected chi connectivity index (χ2v) is 3.59. The van der Waals surface area contributed by atoms with Gasteiger partial charge in [-0.05, 0) is 13.8 Å². The summed E-state index contributed by atoms with van der Waals surface area (Å²) in [5.41, 5.74) is -0.0590. The van der Waals surface area contributed by atoms with Gasteiger partial charge in [0.25, 0.3) is 0 Å². The minimum atomic E-state index is -2.76. The minimum Gasteiger partial charge on any atom is -0.319 e. The van der Waals surface area contributed by atoms with Crippen LogP contribution in [0.15, 0.2) is 17.3 Å². The molecule has 82 valence electrons. The van der Waals surface area contributed by atoms with Gasteiger partial charge >= 0.3 is 6.61 Å². The lowest BCUT2D eigenvalue weighted by Crippen LogP contribution is -2.32. The van der Waals surface area contributed by atoms with E-state index in [4.69, 9.17) is 0 Å². The fourth-order valence-electron chi connectivity index (χ4n) is 0.881. The molecule has 0 bridgehead atoms.